The Balaban J connectivity index is 1.53. The number of ether oxygens (including phenoxy) is 1. The largest absolute Gasteiger partial charge is 0.490 e. The molecular formula is C22H21BrN2O3. The van der Waals surface area contributed by atoms with Gasteiger partial charge in [0.15, 0.2) is 0 Å². The highest BCUT2D eigenvalue weighted by molar-refractivity contribution is 9.10. The maximum absolute atomic E-state index is 10.6. The molecule has 2 atom stereocenters. The molecule has 2 unspecified atom stereocenters. The van der Waals surface area contributed by atoms with Crippen molar-refractivity contribution in [2.45, 2.75) is 25.7 Å². The topological polar surface area (TPSA) is 67.5 Å². The van der Waals surface area contributed by atoms with Gasteiger partial charge in [-0.3, -0.25) is 0 Å². The Hall–Kier alpha value is -2.41. The summed E-state index contributed by atoms with van der Waals surface area (Å²) >= 11 is 3.60. The average molecular weight is 441 g/mol. The Morgan fingerprint density at radius 1 is 1.04 bits per heavy atom. The van der Waals surface area contributed by atoms with E-state index in [2.05, 4.69) is 20.9 Å². The van der Waals surface area contributed by atoms with Crippen molar-refractivity contribution in [3.8, 4) is 5.75 Å². The maximum atomic E-state index is 10.6. The molecule has 5 nitrogen and oxygen atoms in total. The summed E-state index contributed by atoms with van der Waals surface area (Å²) < 4.78 is 8.60. The van der Waals surface area contributed by atoms with E-state index < -0.39 is 12.2 Å². The summed E-state index contributed by atoms with van der Waals surface area (Å²) in [4.78, 5) is 4.49. The number of nitrogens with zero attached hydrogens (tertiary/aromatic N) is 2. The molecule has 0 fully saturated rings. The van der Waals surface area contributed by atoms with E-state index in [4.69, 9.17) is 4.74 Å². The maximum Gasteiger partial charge on any atom is 0.138 e. The molecule has 0 saturated heterocycles. The number of halogens is 1. The van der Waals surface area contributed by atoms with E-state index in [1.54, 1.807) is 6.92 Å². The number of aromatic nitrogens is 2. The predicted octanol–water partition coefficient (Wildman–Crippen LogP) is 4.45. The van der Waals surface area contributed by atoms with Crippen LogP contribution in [0.15, 0.2) is 65.1 Å². The zero-order valence-electron chi connectivity index (χ0n) is 15.4. The third kappa shape index (κ3) is 3.63. The first kappa shape index (κ1) is 18.9. The van der Waals surface area contributed by atoms with Gasteiger partial charge in [-0.2, -0.15) is 0 Å². The van der Waals surface area contributed by atoms with Gasteiger partial charge in [-0.15, -0.1) is 0 Å². The van der Waals surface area contributed by atoms with Crippen LogP contribution >= 0.6 is 15.9 Å². The molecule has 6 heteroatoms. The highest BCUT2D eigenvalue weighted by atomic mass is 79.9. The molecule has 1 aromatic heterocycles. The lowest BCUT2D eigenvalue weighted by atomic mass is 10.1. The Morgan fingerprint density at radius 2 is 1.79 bits per heavy atom. The molecule has 0 bridgehead atoms. The zero-order chi connectivity index (χ0) is 19.7. The van der Waals surface area contributed by atoms with Crippen LogP contribution in [0.4, 0.5) is 0 Å². The fraction of sp³-hybridized carbons (Fsp3) is 0.227. The van der Waals surface area contributed by atoms with E-state index in [0.717, 1.165) is 26.3 Å². The van der Waals surface area contributed by atoms with Crippen LogP contribution in [0.5, 0.6) is 5.75 Å². The number of hydrogen-bond acceptors (Lipinski definition) is 4. The summed E-state index contributed by atoms with van der Waals surface area (Å²) in [5.74, 6) is 1.22. The van der Waals surface area contributed by atoms with Crippen molar-refractivity contribution in [2.24, 2.45) is 0 Å². The second-order valence-corrected chi connectivity index (χ2v) is 7.60. The van der Waals surface area contributed by atoms with E-state index in [-0.39, 0.29) is 13.2 Å². The highest BCUT2D eigenvalue weighted by Crippen LogP contribution is 2.33. The Bertz CT molecular complexity index is 1120. The Labute approximate surface area is 171 Å². The van der Waals surface area contributed by atoms with Gasteiger partial charge in [0.2, 0.25) is 0 Å². The number of aliphatic hydroxyl groups is 2. The first-order valence-corrected chi connectivity index (χ1v) is 9.95. The molecule has 0 radical (unpaired) electrons. The van der Waals surface area contributed by atoms with Crippen LogP contribution < -0.4 is 4.74 Å². The summed E-state index contributed by atoms with van der Waals surface area (Å²) in [5.41, 5.74) is 1.67. The van der Waals surface area contributed by atoms with Crippen molar-refractivity contribution in [1.29, 1.82) is 0 Å². The third-order valence-electron chi connectivity index (χ3n) is 4.71. The van der Waals surface area contributed by atoms with Gasteiger partial charge in [-0.05, 0) is 51.8 Å². The van der Waals surface area contributed by atoms with E-state index in [1.165, 1.54) is 0 Å². The number of para-hydroxylation sites is 2. The van der Waals surface area contributed by atoms with Crippen molar-refractivity contribution in [3.63, 3.8) is 0 Å². The second kappa shape index (κ2) is 7.91. The minimum absolute atomic E-state index is 0.128. The SMILES string of the molecule is CC(O)c1nc2ccccc2n1CC(O)COc1ccc2ccccc2c1Br. The van der Waals surface area contributed by atoms with Crippen LogP contribution in [0.25, 0.3) is 21.8 Å². The summed E-state index contributed by atoms with van der Waals surface area (Å²) in [6.45, 7) is 2.08. The van der Waals surface area contributed by atoms with Crippen LogP contribution in [-0.2, 0) is 6.54 Å². The number of rotatable bonds is 6. The van der Waals surface area contributed by atoms with Crippen LogP contribution in [0.3, 0.4) is 0 Å². The van der Waals surface area contributed by atoms with Gasteiger partial charge in [-0.25, -0.2) is 4.98 Å². The summed E-state index contributed by atoms with van der Waals surface area (Å²) in [7, 11) is 0. The lowest BCUT2D eigenvalue weighted by molar-refractivity contribution is 0.0892. The second-order valence-electron chi connectivity index (χ2n) is 6.81. The molecule has 4 rings (SSSR count). The first-order valence-electron chi connectivity index (χ1n) is 9.16. The molecule has 28 heavy (non-hydrogen) atoms. The Kier molecular flexibility index (Phi) is 5.35. The minimum Gasteiger partial charge on any atom is -0.490 e. The normalized spacial score (nSPS) is 13.7. The molecule has 0 saturated carbocycles. The predicted molar refractivity (Wildman–Crippen MR) is 114 cm³/mol. The molecule has 0 amide bonds. The molecule has 1 heterocycles. The van der Waals surface area contributed by atoms with Crippen molar-refractivity contribution >= 4 is 37.7 Å². The zero-order valence-corrected chi connectivity index (χ0v) is 17.0. The average Bonchev–Trinajstić information content (AvgIpc) is 3.06. The van der Waals surface area contributed by atoms with Gasteiger partial charge in [0.1, 0.15) is 30.4 Å². The fourth-order valence-electron chi connectivity index (χ4n) is 3.38. The van der Waals surface area contributed by atoms with E-state index in [0.29, 0.717) is 11.6 Å². The van der Waals surface area contributed by atoms with E-state index in [9.17, 15) is 10.2 Å². The van der Waals surface area contributed by atoms with Gasteiger partial charge in [0.05, 0.1) is 22.1 Å². The monoisotopic (exact) mass is 440 g/mol. The molecule has 0 spiro atoms. The van der Waals surface area contributed by atoms with Gasteiger partial charge in [0, 0.05) is 0 Å². The van der Waals surface area contributed by atoms with Crippen molar-refractivity contribution in [3.05, 3.63) is 71.0 Å². The smallest absolute Gasteiger partial charge is 0.138 e. The summed E-state index contributed by atoms with van der Waals surface area (Å²) in [6, 6.07) is 19.6. The highest BCUT2D eigenvalue weighted by Gasteiger charge is 2.18. The number of fused-ring (bicyclic) bond motifs is 2. The standard InChI is InChI=1S/C22H21BrN2O3/c1-14(26)22-24-18-8-4-5-9-19(18)25(22)12-16(27)13-28-20-11-10-15-6-2-3-7-17(15)21(20)23/h2-11,14,16,26-27H,12-13H2,1H3. The van der Waals surface area contributed by atoms with Gasteiger partial charge in [-0.1, -0.05) is 42.5 Å². The van der Waals surface area contributed by atoms with E-state index in [1.807, 2.05) is 65.2 Å². The quantitative estimate of drug-likeness (QED) is 0.464. The molecule has 3 aromatic carbocycles. The first-order chi connectivity index (χ1) is 13.5. The number of hydrogen-bond donors (Lipinski definition) is 2. The fourth-order valence-corrected chi connectivity index (χ4v) is 3.99. The molecule has 2 N–H and O–H groups in total. The summed E-state index contributed by atoms with van der Waals surface area (Å²) in [6.07, 6.45) is -1.48. The van der Waals surface area contributed by atoms with Crippen molar-refractivity contribution in [1.82, 2.24) is 9.55 Å². The van der Waals surface area contributed by atoms with Crippen molar-refractivity contribution < 1.29 is 14.9 Å². The minimum atomic E-state index is -0.756. The van der Waals surface area contributed by atoms with Crippen LogP contribution in [0.1, 0.15) is 18.9 Å². The molecule has 144 valence electrons. The van der Waals surface area contributed by atoms with Crippen molar-refractivity contribution in [2.75, 3.05) is 6.61 Å². The van der Waals surface area contributed by atoms with E-state index >= 15 is 0 Å². The molecule has 0 aliphatic heterocycles. The number of aliphatic hydroxyl groups excluding tert-OH is 2. The van der Waals surface area contributed by atoms with Crippen LogP contribution in [0.2, 0.25) is 0 Å². The lowest BCUT2D eigenvalue weighted by Gasteiger charge is -2.17. The summed E-state index contributed by atoms with van der Waals surface area (Å²) in [5, 5.41) is 22.8. The number of benzene rings is 3. The van der Waals surface area contributed by atoms with Crippen LogP contribution in [0, 0.1) is 0 Å². The molecular weight excluding hydrogens is 420 g/mol. The van der Waals surface area contributed by atoms with Gasteiger partial charge < -0.3 is 19.5 Å². The van der Waals surface area contributed by atoms with Gasteiger partial charge in [0.25, 0.3) is 0 Å². The molecule has 4 aromatic rings. The lowest BCUT2D eigenvalue weighted by Crippen LogP contribution is -2.25. The number of imidazole rings is 1. The molecule has 0 aliphatic rings. The Morgan fingerprint density at radius 3 is 2.61 bits per heavy atom. The molecule has 0 aliphatic carbocycles. The van der Waals surface area contributed by atoms with Gasteiger partial charge >= 0.3 is 0 Å². The third-order valence-corrected chi connectivity index (χ3v) is 5.53. The van der Waals surface area contributed by atoms with Crippen LogP contribution in [-0.4, -0.2) is 32.5 Å².